The van der Waals surface area contributed by atoms with Crippen LogP contribution in [0, 0.1) is 0 Å². The predicted octanol–water partition coefficient (Wildman–Crippen LogP) is 0.903. The van der Waals surface area contributed by atoms with E-state index >= 15 is 0 Å². The molecule has 0 radical (unpaired) electrons. The number of carboxylic acids is 1. The largest absolute Gasteiger partial charge is 0.481 e. The average Bonchev–Trinajstić information content (AvgIpc) is 3.12. The van der Waals surface area contributed by atoms with Crippen LogP contribution in [-0.4, -0.2) is 70.3 Å². The molecule has 1 aromatic rings. The number of nitrogens with one attached hydrogen (secondary N) is 1. The van der Waals surface area contributed by atoms with Crippen LogP contribution in [0.5, 0.6) is 0 Å². The molecule has 0 atom stereocenters. The molecule has 8 heteroatoms. The van der Waals surface area contributed by atoms with E-state index in [0.29, 0.717) is 25.0 Å². The number of rotatable bonds is 6. The molecule has 2 saturated heterocycles. The van der Waals surface area contributed by atoms with Crippen molar-refractivity contribution in [2.75, 3.05) is 32.8 Å². The molecule has 0 aromatic carbocycles. The van der Waals surface area contributed by atoms with Gasteiger partial charge in [-0.05, 0) is 38.8 Å². The number of likely N-dealkylation sites (tertiary alicyclic amines) is 1. The maximum absolute atomic E-state index is 12.8. The first-order chi connectivity index (χ1) is 12.1. The molecule has 0 saturated carbocycles. The Morgan fingerprint density at radius 3 is 2.64 bits per heavy atom. The quantitative estimate of drug-likeness (QED) is 0.791. The molecular formula is C17H26N4O4. The van der Waals surface area contributed by atoms with Gasteiger partial charge in [0.05, 0.1) is 19.1 Å². The Morgan fingerprint density at radius 2 is 1.96 bits per heavy atom. The normalized spacial score (nSPS) is 19.9. The third kappa shape index (κ3) is 4.58. The second kappa shape index (κ2) is 8.44. The van der Waals surface area contributed by atoms with Gasteiger partial charge in [0.15, 0.2) is 5.82 Å². The Kier molecular flexibility index (Phi) is 6.04. The molecule has 2 N–H and O–H groups in total. The summed E-state index contributed by atoms with van der Waals surface area (Å²) in [6.45, 7) is 3.41. The molecule has 2 aliphatic rings. The van der Waals surface area contributed by atoms with E-state index in [0.717, 1.165) is 38.8 Å². The second-order valence-corrected chi connectivity index (χ2v) is 6.65. The monoisotopic (exact) mass is 350 g/mol. The van der Waals surface area contributed by atoms with Gasteiger partial charge in [0.2, 0.25) is 0 Å². The van der Waals surface area contributed by atoms with Crippen LogP contribution in [0.15, 0.2) is 12.4 Å². The fraction of sp³-hybridized carbons (Fsp3) is 0.706. The van der Waals surface area contributed by atoms with Gasteiger partial charge in [-0.25, -0.2) is 4.98 Å². The number of carboxylic acid groups (broad SMARTS) is 1. The summed E-state index contributed by atoms with van der Waals surface area (Å²) in [5.74, 6) is -0.345. The zero-order chi connectivity index (χ0) is 17.6. The molecule has 3 heterocycles. The fourth-order valence-electron chi connectivity index (χ4n) is 3.54. The van der Waals surface area contributed by atoms with Gasteiger partial charge in [0.1, 0.15) is 0 Å². The van der Waals surface area contributed by atoms with E-state index in [1.165, 1.54) is 0 Å². The first-order valence-electron chi connectivity index (χ1n) is 9.01. The van der Waals surface area contributed by atoms with E-state index in [9.17, 15) is 9.59 Å². The van der Waals surface area contributed by atoms with Crippen molar-refractivity contribution in [2.24, 2.45) is 0 Å². The van der Waals surface area contributed by atoms with Gasteiger partial charge in [0, 0.05) is 31.5 Å². The molecule has 25 heavy (non-hydrogen) atoms. The Bertz CT molecular complexity index is 589. The van der Waals surface area contributed by atoms with Crippen molar-refractivity contribution in [3.63, 3.8) is 0 Å². The fourth-order valence-corrected chi connectivity index (χ4v) is 3.54. The predicted molar refractivity (Wildman–Crippen MR) is 90.5 cm³/mol. The van der Waals surface area contributed by atoms with E-state index in [-0.39, 0.29) is 25.0 Å². The lowest BCUT2D eigenvalue weighted by Crippen LogP contribution is -2.42. The van der Waals surface area contributed by atoms with Crippen molar-refractivity contribution in [1.82, 2.24) is 19.8 Å². The number of imidazole rings is 1. The van der Waals surface area contributed by atoms with Crippen molar-refractivity contribution in [1.29, 1.82) is 0 Å². The summed E-state index contributed by atoms with van der Waals surface area (Å²) in [4.78, 5) is 29.5. The summed E-state index contributed by atoms with van der Waals surface area (Å²) in [5.41, 5.74) is 0. The van der Waals surface area contributed by atoms with Crippen LogP contribution in [-0.2, 0) is 9.53 Å². The van der Waals surface area contributed by atoms with Crippen LogP contribution in [0.3, 0.4) is 0 Å². The third-order valence-electron chi connectivity index (χ3n) is 4.96. The minimum absolute atomic E-state index is 0.0207. The maximum atomic E-state index is 12.8. The van der Waals surface area contributed by atoms with Gasteiger partial charge in [-0.3, -0.25) is 9.59 Å². The van der Waals surface area contributed by atoms with E-state index < -0.39 is 5.97 Å². The number of hydrogen-bond donors (Lipinski definition) is 2. The van der Waals surface area contributed by atoms with Crippen LogP contribution < -0.4 is 5.32 Å². The van der Waals surface area contributed by atoms with Crippen molar-refractivity contribution < 1.29 is 19.4 Å². The van der Waals surface area contributed by atoms with Crippen molar-refractivity contribution in [3.8, 4) is 0 Å². The summed E-state index contributed by atoms with van der Waals surface area (Å²) < 4.78 is 7.61. The van der Waals surface area contributed by atoms with Gasteiger partial charge in [-0.1, -0.05) is 0 Å². The summed E-state index contributed by atoms with van der Waals surface area (Å²) >= 11 is 0. The lowest BCUT2D eigenvalue weighted by atomic mass is 10.1. The molecule has 0 unspecified atom stereocenters. The third-order valence-corrected chi connectivity index (χ3v) is 4.96. The number of ether oxygens (including phenoxy) is 1. The molecule has 1 aromatic heterocycles. The Hall–Kier alpha value is -1.93. The van der Waals surface area contributed by atoms with E-state index in [2.05, 4.69) is 10.3 Å². The Balaban J connectivity index is 1.53. The maximum Gasteiger partial charge on any atom is 0.305 e. The smallest absolute Gasteiger partial charge is 0.305 e. The first-order valence-corrected chi connectivity index (χ1v) is 9.01. The van der Waals surface area contributed by atoms with Crippen molar-refractivity contribution in [2.45, 2.75) is 44.2 Å². The minimum Gasteiger partial charge on any atom is -0.481 e. The molecule has 2 aliphatic heterocycles. The molecule has 0 spiro atoms. The Morgan fingerprint density at radius 1 is 1.24 bits per heavy atom. The lowest BCUT2D eigenvalue weighted by molar-refractivity contribution is -0.138. The zero-order valence-corrected chi connectivity index (χ0v) is 14.4. The number of piperidine rings is 2. The van der Waals surface area contributed by atoms with Gasteiger partial charge >= 0.3 is 5.97 Å². The molecule has 8 nitrogen and oxygen atoms in total. The summed E-state index contributed by atoms with van der Waals surface area (Å²) in [7, 11) is 0. The van der Waals surface area contributed by atoms with Gasteiger partial charge in [-0.2, -0.15) is 0 Å². The van der Waals surface area contributed by atoms with Gasteiger partial charge in [0.25, 0.3) is 5.91 Å². The molecule has 3 rings (SSSR count). The highest BCUT2D eigenvalue weighted by Crippen LogP contribution is 2.22. The first kappa shape index (κ1) is 17.9. The van der Waals surface area contributed by atoms with Crippen molar-refractivity contribution in [3.05, 3.63) is 18.2 Å². The summed E-state index contributed by atoms with van der Waals surface area (Å²) in [5, 5.41) is 12.0. The number of amides is 1. The van der Waals surface area contributed by atoms with Crippen LogP contribution in [0.2, 0.25) is 0 Å². The average molecular weight is 350 g/mol. The summed E-state index contributed by atoms with van der Waals surface area (Å²) in [6.07, 6.45) is 7.16. The molecule has 138 valence electrons. The van der Waals surface area contributed by atoms with E-state index in [1.807, 2.05) is 15.7 Å². The van der Waals surface area contributed by atoms with Crippen LogP contribution in [0.25, 0.3) is 0 Å². The highest BCUT2D eigenvalue weighted by atomic mass is 16.5. The number of carbonyl (C=O) groups is 2. The highest BCUT2D eigenvalue weighted by Gasteiger charge is 2.28. The van der Waals surface area contributed by atoms with Crippen molar-refractivity contribution >= 4 is 11.9 Å². The highest BCUT2D eigenvalue weighted by molar-refractivity contribution is 5.91. The van der Waals surface area contributed by atoms with E-state index in [1.54, 1.807) is 6.20 Å². The Labute approximate surface area is 147 Å². The number of aliphatic carboxylic acids is 1. The van der Waals surface area contributed by atoms with Gasteiger partial charge in [-0.15, -0.1) is 0 Å². The zero-order valence-electron chi connectivity index (χ0n) is 14.4. The number of aromatic nitrogens is 2. The van der Waals surface area contributed by atoms with Gasteiger partial charge < -0.3 is 24.6 Å². The van der Waals surface area contributed by atoms with E-state index in [4.69, 9.17) is 9.84 Å². The number of nitrogens with zero attached hydrogens (tertiary/aromatic N) is 3. The number of hydrogen-bond acceptors (Lipinski definition) is 5. The molecule has 2 fully saturated rings. The standard InChI is InChI=1S/C17H26N4O4/c22-15(23)5-12-25-14-3-9-20(10-4-14)17(24)16-19-8-11-21(16)13-1-6-18-7-2-13/h8,11,13-14,18H,1-7,9-10,12H2,(H,22,23). The summed E-state index contributed by atoms with van der Waals surface area (Å²) in [6, 6.07) is 0.333. The van der Waals surface area contributed by atoms with Crippen LogP contribution in [0.4, 0.5) is 0 Å². The lowest BCUT2D eigenvalue weighted by Gasteiger charge is -2.32. The minimum atomic E-state index is -0.850. The number of carbonyl (C=O) groups excluding carboxylic acids is 1. The molecule has 1 amide bonds. The van der Waals surface area contributed by atoms with Crippen LogP contribution in [0.1, 0.15) is 48.8 Å². The topological polar surface area (TPSA) is 96.7 Å². The molecule has 0 aliphatic carbocycles. The molecule has 0 bridgehead atoms. The SMILES string of the molecule is O=C(O)CCOC1CCN(C(=O)c2nccn2C2CCNCC2)CC1. The van der Waals surface area contributed by atoms with Crippen LogP contribution >= 0.6 is 0 Å². The molecular weight excluding hydrogens is 324 g/mol. The second-order valence-electron chi connectivity index (χ2n) is 6.65.